The fourth-order valence-electron chi connectivity index (χ4n) is 1.67. The summed E-state index contributed by atoms with van der Waals surface area (Å²) in [4.78, 5) is 0. The third kappa shape index (κ3) is 3.38. The topological polar surface area (TPSA) is 90.0 Å². The number of nitrogen functional groups attached to an aromatic ring is 1. The highest BCUT2D eigenvalue weighted by atomic mass is 32.2. The van der Waals surface area contributed by atoms with Crippen molar-refractivity contribution in [3.05, 3.63) is 5.69 Å². The molecule has 0 amide bonds. The van der Waals surface area contributed by atoms with Gasteiger partial charge in [0.05, 0.1) is 17.1 Å². The summed E-state index contributed by atoms with van der Waals surface area (Å²) in [6.07, 6.45) is 0. The van der Waals surface area contributed by atoms with Crippen LogP contribution in [-0.2, 0) is 16.9 Å². The predicted octanol–water partition coefficient (Wildman–Crippen LogP) is 0.972. The van der Waals surface area contributed by atoms with Crippen molar-refractivity contribution in [2.75, 3.05) is 29.1 Å². The van der Waals surface area contributed by atoms with Crippen LogP contribution in [0.25, 0.3) is 0 Å². The molecule has 0 aromatic carbocycles. The number of rotatable bonds is 6. The van der Waals surface area contributed by atoms with Gasteiger partial charge in [0.1, 0.15) is 5.82 Å². The zero-order valence-electron chi connectivity index (χ0n) is 11.4. The smallest absolute Gasteiger partial charge is 0.151 e. The molecule has 18 heavy (non-hydrogen) atoms. The van der Waals surface area contributed by atoms with E-state index in [0.29, 0.717) is 18.1 Å². The number of anilines is 2. The molecule has 1 aromatic heterocycles. The van der Waals surface area contributed by atoms with Gasteiger partial charge >= 0.3 is 0 Å². The Bertz CT molecular complexity index is 505. The summed E-state index contributed by atoms with van der Waals surface area (Å²) in [6.45, 7) is 6.02. The van der Waals surface area contributed by atoms with Crippen LogP contribution in [-0.4, -0.2) is 36.2 Å². The molecule has 6 nitrogen and oxygen atoms in total. The van der Waals surface area contributed by atoms with Gasteiger partial charge in [-0.1, -0.05) is 20.8 Å². The molecule has 0 aliphatic heterocycles. The molecule has 1 rings (SSSR count). The number of aryl methyl sites for hydroxylation is 1. The largest absolute Gasteiger partial charge is 0.394 e. The van der Waals surface area contributed by atoms with Crippen LogP contribution in [0.5, 0.6) is 0 Å². The fraction of sp³-hybridized carbons (Fsp3) is 0.727. The Kier molecular flexibility index (Phi) is 4.61. The Morgan fingerprint density at radius 3 is 2.50 bits per heavy atom. The van der Waals surface area contributed by atoms with E-state index in [-0.39, 0.29) is 17.4 Å². The molecule has 104 valence electrons. The zero-order chi connectivity index (χ0) is 13.9. The van der Waals surface area contributed by atoms with Crippen molar-refractivity contribution in [1.29, 1.82) is 0 Å². The number of aromatic nitrogens is 2. The highest BCUT2D eigenvalue weighted by molar-refractivity contribution is 7.91. The molecular formula is C11H22N4O2S. The molecule has 0 aliphatic rings. The molecule has 0 spiro atoms. The minimum atomic E-state index is -2.96. The molecule has 1 heterocycles. The lowest BCUT2D eigenvalue weighted by molar-refractivity contribution is 0.597. The third-order valence-electron chi connectivity index (χ3n) is 2.80. The van der Waals surface area contributed by atoms with Crippen LogP contribution in [0.4, 0.5) is 11.5 Å². The number of nitrogens with zero attached hydrogens (tertiary/aromatic N) is 2. The average Bonchev–Trinajstić information content (AvgIpc) is 2.56. The van der Waals surface area contributed by atoms with Crippen LogP contribution in [0.1, 0.15) is 32.4 Å². The molecule has 0 aliphatic carbocycles. The summed E-state index contributed by atoms with van der Waals surface area (Å²) >= 11 is 0. The number of sulfone groups is 1. The molecule has 0 fully saturated rings. The summed E-state index contributed by atoms with van der Waals surface area (Å²) in [7, 11) is -1.17. The minimum Gasteiger partial charge on any atom is -0.394 e. The molecule has 0 saturated carbocycles. The van der Waals surface area contributed by atoms with E-state index >= 15 is 0 Å². The van der Waals surface area contributed by atoms with Crippen molar-refractivity contribution < 1.29 is 8.42 Å². The monoisotopic (exact) mass is 274 g/mol. The van der Waals surface area contributed by atoms with Gasteiger partial charge in [0.2, 0.25) is 0 Å². The maximum Gasteiger partial charge on any atom is 0.151 e. The maximum atomic E-state index is 11.4. The molecule has 0 unspecified atom stereocenters. The first kappa shape index (κ1) is 14.8. The lowest BCUT2D eigenvalue weighted by Gasteiger charge is -2.07. The van der Waals surface area contributed by atoms with E-state index < -0.39 is 9.84 Å². The summed E-state index contributed by atoms with van der Waals surface area (Å²) in [6, 6.07) is 0. The second kappa shape index (κ2) is 5.60. The lowest BCUT2D eigenvalue weighted by Crippen LogP contribution is -2.18. The highest BCUT2D eigenvalue weighted by Crippen LogP contribution is 2.27. The minimum absolute atomic E-state index is 0.102. The van der Waals surface area contributed by atoms with Gasteiger partial charge in [-0.3, -0.25) is 4.68 Å². The molecule has 0 saturated heterocycles. The first-order chi connectivity index (χ1) is 8.28. The van der Waals surface area contributed by atoms with E-state index in [0.717, 1.165) is 5.69 Å². The van der Waals surface area contributed by atoms with E-state index in [2.05, 4.69) is 10.4 Å². The first-order valence-electron chi connectivity index (χ1n) is 6.05. The van der Waals surface area contributed by atoms with E-state index in [4.69, 9.17) is 5.73 Å². The van der Waals surface area contributed by atoms with Crippen molar-refractivity contribution in [2.45, 2.75) is 26.7 Å². The standard InChI is InChI=1S/C11H22N4O2S/c1-5-18(16,17)7-6-13-11-9(12)10(8(2)3)14-15(11)4/h8,13H,5-7,12H2,1-4H3. The molecule has 0 radical (unpaired) electrons. The molecule has 0 atom stereocenters. The summed E-state index contributed by atoms with van der Waals surface area (Å²) < 4.78 is 24.4. The Morgan fingerprint density at radius 2 is 2.06 bits per heavy atom. The van der Waals surface area contributed by atoms with Gasteiger partial charge in [-0.2, -0.15) is 5.10 Å². The molecule has 7 heteroatoms. The van der Waals surface area contributed by atoms with Gasteiger partial charge in [-0.05, 0) is 5.92 Å². The Balaban J connectivity index is 2.74. The van der Waals surface area contributed by atoms with Crippen LogP contribution < -0.4 is 11.1 Å². The van der Waals surface area contributed by atoms with Gasteiger partial charge in [-0.25, -0.2) is 8.42 Å². The van der Waals surface area contributed by atoms with Crippen LogP contribution in [0.3, 0.4) is 0 Å². The van der Waals surface area contributed by atoms with Crippen molar-refractivity contribution in [2.24, 2.45) is 7.05 Å². The van der Waals surface area contributed by atoms with Crippen LogP contribution in [0.2, 0.25) is 0 Å². The van der Waals surface area contributed by atoms with Crippen molar-refractivity contribution in [3.8, 4) is 0 Å². The van der Waals surface area contributed by atoms with E-state index in [9.17, 15) is 8.42 Å². The molecular weight excluding hydrogens is 252 g/mol. The number of nitrogens with one attached hydrogen (secondary N) is 1. The van der Waals surface area contributed by atoms with Gasteiger partial charge in [0.15, 0.2) is 9.84 Å². The summed E-state index contributed by atoms with van der Waals surface area (Å²) in [5.74, 6) is 1.19. The van der Waals surface area contributed by atoms with Gasteiger partial charge < -0.3 is 11.1 Å². The van der Waals surface area contributed by atoms with Crippen molar-refractivity contribution >= 4 is 21.3 Å². The Labute approximate surface area is 108 Å². The van der Waals surface area contributed by atoms with Gasteiger partial charge in [-0.15, -0.1) is 0 Å². The maximum absolute atomic E-state index is 11.4. The zero-order valence-corrected chi connectivity index (χ0v) is 12.2. The first-order valence-corrected chi connectivity index (χ1v) is 7.87. The molecule has 1 aromatic rings. The van der Waals surface area contributed by atoms with Crippen LogP contribution in [0.15, 0.2) is 0 Å². The summed E-state index contributed by atoms with van der Waals surface area (Å²) in [5, 5.41) is 7.37. The third-order valence-corrected chi connectivity index (χ3v) is 4.51. The second-order valence-electron chi connectivity index (χ2n) is 4.59. The van der Waals surface area contributed by atoms with E-state index in [1.54, 1.807) is 18.7 Å². The van der Waals surface area contributed by atoms with Gasteiger partial charge in [0.25, 0.3) is 0 Å². The van der Waals surface area contributed by atoms with E-state index in [1.807, 2.05) is 13.8 Å². The molecule has 0 bridgehead atoms. The van der Waals surface area contributed by atoms with E-state index in [1.165, 1.54) is 0 Å². The SMILES string of the molecule is CCS(=O)(=O)CCNc1c(N)c(C(C)C)nn1C. The normalized spacial score (nSPS) is 12.1. The average molecular weight is 274 g/mol. The van der Waals surface area contributed by atoms with Crippen molar-refractivity contribution in [3.63, 3.8) is 0 Å². The number of hydrogen-bond donors (Lipinski definition) is 2. The Hall–Kier alpha value is -1.24. The van der Waals surface area contributed by atoms with Crippen LogP contribution >= 0.6 is 0 Å². The Morgan fingerprint density at radius 1 is 1.44 bits per heavy atom. The van der Waals surface area contributed by atoms with Gasteiger partial charge in [0, 0.05) is 19.3 Å². The van der Waals surface area contributed by atoms with Crippen LogP contribution in [0, 0.1) is 0 Å². The summed E-state index contributed by atoms with van der Waals surface area (Å²) in [5.41, 5.74) is 7.42. The second-order valence-corrected chi connectivity index (χ2v) is 7.06. The highest BCUT2D eigenvalue weighted by Gasteiger charge is 2.16. The lowest BCUT2D eigenvalue weighted by atomic mass is 10.1. The predicted molar refractivity (Wildman–Crippen MR) is 74.5 cm³/mol. The fourth-order valence-corrected chi connectivity index (χ4v) is 2.37. The number of nitrogens with two attached hydrogens (primary N) is 1. The number of hydrogen-bond acceptors (Lipinski definition) is 5. The quantitative estimate of drug-likeness (QED) is 0.807. The molecule has 3 N–H and O–H groups in total. The van der Waals surface area contributed by atoms with Crippen molar-refractivity contribution in [1.82, 2.24) is 9.78 Å².